The molecule has 1 aromatic carbocycles. The first-order chi connectivity index (χ1) is 10.1. The van der Waals surface area contributed by atoms with Gasteiger partial charge >= 0.3 is 0 Å². The molecule has 0 saturated heterocycles. The third-order valence-corrected chi connectivity index (χ3v) is 3.47. The zero-order chi connectivity index (χ0) is 15.2. The van der Waals surface area contributed by atoms with Crippen LogP contribution in [0.5, 0.6) is 0 Å². The maximum atomic E-state index is 13.6. The molecule has 21 heavy (non-hydrogen) atoms. The van der Waals surface area contributed by atoms with Crippen LogP contribution in [0.3, 0.4) is 0 Å². The van der Waals surface area contributed by atoms with E-state index in [4.69, 9.17) is 0 Å². The monoisotopic (exact) mass is 293 g/mol. The largest absolute Gasteiger partial charge is 0.333 e. The van der Waals surface area contributed by atoms with E-state index in [0.717, 1.165) is 18.7 Å². The lowest BCUT2D eigenvalue weighted by Crippen LogP contribution is -2.29. The number of rotatable bonds is 7. The second kappa shape index (κ2) is 7.31. The van der Waals surface area contributed by atoms with Crippen LogP contribution in [0, 0.1) is 11.6 Å². The molecule has 1 unspecified atom stereocenters. The molecule has 0 saturated carbocycles. The Morgan fingerprint density at radius 2 is 2.00 bits per heavy atom. The minimum atomic E-state index is -0.486. The molecule has 1 aromatic heterocycles. The fourth-order valence-electron chi connectivity index (χ4n) is 2.32. The van der Waals surface area contributed by atoms with Gasteiger partial charge in [0, 0.05) is 30.9 Å². The molecule has 1 atom stereocenters. The second-order valence-electron chi connectivity index (χ2n) is 5.26. The quantitative estimate of drug-likeness (QED) is 0.849. The molecule has 0 radical (unpaired) electrons. The molecule has 0 fully saturated rings. The van der Waals surface area contributed by atoms with Crippen LogP contribution in [-0.2, 0) is 19.5 Å². The van der Waals surface area contributed by atoms with E-state index >= 15 is 0 Å². The van der Waals surface area contributed by atoms with Crippen LogP contribution in [0.25, 0.3) is 0 Å². The number of halogens is 2. The summed E-state index contributed by atoms with van der Waals surface area (Å²) in [4.78, 5) is 4.13. The Kier molecular flexibility index (Phi) is 5.44. The first-order valence-electron chi connectivity index (χ1n) is 7.27. The van der Waals surface area contributed by atoms with E-state index in [0.29, 0.717) is 13.0 Å². The van der Waals surface area contributed by atoms with Gasteiger partial charge in [-0.25, -0.2) is 13.8 Å². The number of nitrogens with one attached hydrogen (secondary N) is 1. The summed E-state index contributed by atoms with van der Waals surface area (Å²) < 4.78 is 29.3. The SMILES string of the molecule is CCCn1cncc1CNC(C)Cc1c(F)cccc1F. The van der Waals surface area contributed by atoms with Crippen molar-refractivity contribution in [2.45, 2.75) is 45.8 Å². The van der Waals surface area contributed by atoms with Crippen LogP contribution in [0.4, 0.5) is 8.78 Å². The molecule has 0 bridgehead atoms. The van der Waals surface area contributed by atoms with Crippen LogP contribution in [-0.4, -0.2) is 15.6 Å². The predicted molar refractivity (Wildman–Crippen MR) is 78.9 cm³/mol. The van der Waals surface area contributed by atoms with Gasteiger partial charge in [-0.15, -0.1) is 0 Å². The minimum absolute atomic E-state index is 0.0265. The number of benzene rings is 1. The van der Waals surface area contributed by atoms with Crippen LogP contribution in [0.2, 0.25) is 0 Å². The first-order valence-corrected chi connectivity index (χ1v) is 7.27. The van der Waals surface area contributed by atoms with Gasteiger partial charge in [-0.2, -0.15) is 0 Å². The zero-order valence-electron chi connectivity index (χ0n) is 12.4. The van der Waals surface area contributed by atoms with Crippen molar-refractivity contribution in [1.82, 2.24) is 14.9 Å². The maximum absolute atomic E-state index is 13.6. The summed E-state index contributed by atoms with van der Waals surface area (Å²) in [6, 6.07) is 3.94. The Morgan fingerprint density at radius 3 is 2.67 bits per heavy atom. The van der Waals surface area contributed by atoms with E-state index in [1.165, 1.54) is 18.2 Å². The van der Waals surface area contributed by atoms with Crippen molar-refractivity contribution < 1.29 is 8.78 Å². The van der Waals surface area contributed by atoms with Crippen molar-refractivity contribution >= 4 is 0 Å². The van der Waals surface area contributed by atoms with Gasteiger partial charge in [0.05, 0.1) is 12.0 Å². The summed E-state index contributed by atoms with van der Waals surface area (Å²) in [5, 5.41) is 3.29. The smallest absolute Gasteiger partial charge is 0.129 e. The molecule has 114 valence electrons. The van der Waals surface area contributed by atoms with Gasteiger partial charge in [-0.1, -0.05) is 13.0 Å². The molecule has 5 heteroatoms. The van der Waals surface area contributed by atoms with E-state index in [2.05, 4.69) is 21.8 Å². The fraction of sp³-hybridized carbons (Fsp3) is 0.438. The van der Waals surface area contributed by atoms with E-state index in [-0.39, 0.29) is 11.6 Å². The van der Waals surface area contributed by atoms with Gasteiger partial charge in [0.15, 0.2) is 0 Å². The highest BCUT2D eigenvalue weighted by atomic mass is 19.1. The Hall–Kier alpha value is -1.75. The molecular formula is C16H21F2N3. The lowest BCUT2D eigenvalue weighted by molar-refractivity contribution is 0.489. The highest BCUT2D eigenvalue weighted by Crippen LogP contribution is 2.14. The Bertz CT molecular complexity index is 560. The third kappa shape index (κ3) is 4.11. The van der Waals surface area contributed by atoms with Crippen LogP contribution < -0.4 is 5.32 Å². The topological polar surface area (TPSA) is 29.9 Å². The lowest BCUT2D eigenvalue weighted by Gasteiger charge is -2.15. The minimum Gasteiger partial charge on any atom is -0.333 e. The fourth-order valence-corrected chi connectivity index (χ4v) is 2.32. The number of aromatic nitrogens is 2. The van der Waals surface area contributed by atoms with Crippen molar-refractivity contribution in [3.05, 3.63) is 53.6 Å². The number of imidazole rings is 1. The van der Waals surface area contributed by atoms with Crippen molar-refractivity contribution in [3.8, 4) is 0 Å². The summed E-state index contributed by atoms with van der Waals surface area (Å²) in [6.45, 7) is 5.60. The van der Waals surface area contributed by atoms with E-state index < -0.39 is 11.6 Å². The van der Waals surface area contributed by atoms with Crippen LogP contribution >= 0.6 is 0 Å². The molecule has 2 rings (SSSR count). The zero-order valence-corrected chi connectivity index (χ0v) is 12.4. The predicted octanol–water partition coefficient (Wildman–Crippen LogP) is 3.29. The summed E-state index contributed by atoms with van der Waals surface area (Å²) in [5.74, 6) is -0.973. The second-order valence-corrected chi connectivity index (χ2v) is 5.26. The van der Waals surface area contributed by atoms with E-state index in [9.17, 15) is 8.78 Å². The number of hydrogen-bond acceptors (Lipinski definition) is 2. The standard InChI is InChI=1S/C16H21F2N3/c1-3-7-21-11-19-9-13(21)10-20-12(2)8-14-15(17)5-4-6-16(14)18/h4-6,9,11-12,20H,3,7-8,10H2,1-2H3. The van der Waals surface area contributed by atoms with Crippen LogP contribution in [0.15, 0.2) is 30.7 Å². The maximum Gasteiger partial charge on any atom is 0.129 e. The van der Waals surface area contributed by atoms with Gasteiger partial charge < -0.3 is 9.88 Å². The van der Waals surface area contributed by atoms with Crippen molar-refractivity contribution in [2.24, 2.45) is 0 Å². The molecule has 0 aliphatic carbocycles. The summed E-state index contributed by atoms with van der Waals surface area (Å²) >= 11 is 0. The van der Waals surface area contributed by atoms with Crippen molar-refractivity contribution in [1.29, 1.82) is 0 Å². The average Bonchev–Trinajstić information content (AvgIpc) is 2.89. The molecule has 0 spiro atoms. The molecule has 3 nitrogen and oxygen atoms in total. The Morgan fingerprint density at radius 1 is 1.29 bits per heavy atom. The van der Waals surface area contributed by atoms with Gasteiger partial charge in [-0.3, -0.25) is 0 Å². The Balaban J connectivity index is 1.93. The molecule has 1 N–H and O–H groups in total. The average molecular weight is 293 g/mol. The molecular weight excluding hydrogens is 272 g/mol. The lowest BCUT2D eigenvalue weighted by atomic mass is 10.1. The van der Waals surface area contributed by atoms with Crippen molar-refractivity contribution in [2.75, 3.05) is 0 Å². The van der Waals surface area contributed by atoms with Crippen molar-refractivity contribution in [3.63, 3.8) is 0 Å². The van der Waals surface area contributed by atoms with Gasteiger partial charge in [0.25, 0.3) is 0 Å². The highest BCUT2D eigenvalue weighted by molar-refractivity contribution is 5.20. The van der Waals surface area contributed by atoms with Gasteiger partial charge in [-0.05, 0) is 31.9 Å². The Labute approximate surface area is 124 Å². The number of hydrogen-bond donors (Lipinski definition) is 1. The summed E-state index contributed by atoms with van der Waals surface area (Å²) in [7, 11) is 0. The number of aryl methyl sites for hydroxylation is 1. The normalized spacial score (nSPS) is 12.6. The molecule has 1 heterocycles. The van der Waals surface area contributed by atoms with E-state index in [1.54, 1.807) is 0 Å². The van der Waals surface area contributed by atoms with Crippen LogP contribution in [0.1, 0.15) is 31.5 Å². The molecule has 0 aliphatic heterocycles. The third-order valence-electron chi connectivity index (χ3n) is 3.47. The molecule has 0 aliphatic rings. The van der Waals surface area contributed by atoms with Gasteiger partial charge in [0.2, 0.25) is 0 Å². The molecule has 0 amide bonds. The summed E-state index contributed by atoms with van der Waals surface area (Å²) in [5.41, 5.74) is 1.22. The first kappa shape index (κ1) is 15.6. The molecule has 2 aromatic rings. The summed E-state index contributed by atoms with van der Waals surface area (Å²) in [6.07, 6.45) is 4.99. The van der Waals surface area contributed by atoms with Gasteiger partial charge in [0.1, 0.15) is 11.6 Å². The highest BCUT2D eigenvalue weighted by Gasteiger charge is 2.12. The van der Waals surface area contributed by atoms with E-state index in [1.807, 2.05) is 19.4 Å². The number of nitrogens with zero attached hydrogens (tertiary/aromatic N) is 2.